The van der Waals surface area contributed by atoms with Gasteiger partial charge in [0.25, 0.3) is 0 Å². The first-order valence-corrected chi connectivity index (χ1v) is 8.35. The van der Waals surface area contributed by atoms with Crippen LogP contribution in [0.3, 0.4) is 0 Å². The smallest absolute Gasteiger partial charge is 0.176 e. The highest BCUT2D eigenvalue weighted by Gasteiger charge is 2.20. The number of ether oxygens (including phenoxy) is 1. The van der Waals surface area contributed by atoms with Gasteiger partial charge >= 0.3 is 0 Å². The highest BCUT2D eigenvalue weighted by molar-refractivity contribution is 5.97. The fourth-order valence-electron chi connectivity index (χ4n) is 3.24. The summed E-state index contributed by atoms with van der Waals surface area (Å²) in [6.45, 7) is 2.00. The maximum absolute atomic E-state index is 12.5. The van der Waals surface area contributed by atoms with Gasteiger partial charge < -0.3 is 4.74 Å². The number of fused-ring (bicyclic) bond motifs is 2. The van der Waals surface area contributed by atoms with Crippen LogP contribution in [-0.4, -0.2) is 40.9 Å². The van der Waals surface area contributed by atoms with Crippen molar-refractivity contribution in [1.82, 2.24) is 14.9 Å². The Bertz CT molecular complexity index is 922. The summed E-state index contributed by atoms with van der Waals surface area (Å²) in [6, 6.07) is 11.4. The van der Waals surface area contributed by atoms with Crippen molar-refractivity contribution in [3.05, 3.63) is 65.6 Å². The summed E-state index contributed by atoms with van der Waals surface area (Å²) in [6.07, 6.45) is 4.47. The first-order valence-electron chi connectivity index (χ1n) is 8.35. The molecule has 0 fully saturated rings. The lowest BCUT2D eigenvalue weighted by atomic mass is 10.0. The molecule has 5 nitrogen and oxygen atoms in total. The third-order valence-electron chi connectivity index (χ3n) is 4.62. The van der Waals surface area contributed by atoms with Crippen LogP contribution < -0.4 is 4.74 Å². The molecule has 3 aromatic rings. The topological polar surface area (TPSA) is 55.3 Å². The van der Waals surface area contributed by atoms with Gasteiger partial charge in [0.1, 0.15) is 5.75 Å². The zero-order valence-corrected chi connectivity index (χ0v) is 14.1. The Morgan fingerprint density at radius 1 is 1.24 bits per heavy atom. The Kier molecular flexibility index (Phi) is 4.15. The molecule has 0 saturated carbocycles. The molecule has 2 aromatic heterocycles. The number of carbonyl (C=O) groups is 1. The molecule has 0 bridgehead atoms. The van der Waals surface area contributed by atoms with E-state index >= 15 is 0 Å². The molecule has 3 heterocycles. The van der Waals surface area contributed by atoms with Gasteiger partial charge in [0.2, 0.25) is 0 Å². The fraction of sp³-hybridized carbons (Fsp3) is 0.250. The van der Waals surface area contributed by atoms with Crippen LogP contribution in [0.15, 0.2) is 48.8 Å². The standard InChI is InChI=1S/C20H19N3O2/c1-25-17-4-2-14(3-5-17)20(24)13-23-9-7-19-16(12-23)10-15-11-21-8-6-18(15)22-19/h2-6,8,10-11H,7,9,12-13H2,1H3. The SMILES string of the molecule is COc1ccc(C(=O)CN2CCc3nc4ccncc4cc3C2)cc1. The molecule has 0 aliphatic carbocycles. The van der Waals surface area contributed by atoms with Crippen LogP contribution in [0.4, 0.5) is 0 Å². The average molecular weight is 333 g/mol. The summed E-state index contributed by atoms with van der Waals surface area (Å²) in [7, 11) is 1.62. The van der Waals surface area contributed by atoms with Crippen molar-refractivity contribution in [3.8, 4) is 5.75 Å². The van der Waals surface area contributed by atoms with E-state index in [1.165, 1.54) is 5.56 Å². The van der Waals surface area contributed by atoms with E-state index in [9.17, 15) is 4.79 Å². The summed E-state index contributed by atoms with van der Waals surface area (Å²) < 4.78 is 5.14. The molecular weight excluding hydrogens is 314 g/mol. The Labute approximate surface area is 146 Å². The number of hydrogen-bond donors (Lipinski definition) is 0. The van der Waals surface area contributed by atoms with Crippen molar-refractivity contribution in [2.24, 2.45) is 0 Å². The number of nitrogens with zero attached hydrogens (tertiary/aromatic N) is 3. The normalized spacial score (nSPS) is 14.3. The van der Waals surface area contributed by atoms with Crippen LogP contribution in [0.25, 0.3) is 10.9 Å². The molecule has 0 amide bonds. The minimum atomic E-state index is 0.126. The summed E-state index contributed by atoms with van der Waals surface area (Å²) in [5, 5.41) is 1.05. The molecule has 5 heteroatoms. The van der Waals surface area contributed by atoms with E-state index in [2.05, 4.69) is 16.0 Å². The van der Waals surface area contributed by atoms with Crippen molar-refractivity contribution < 1.29 is 9.53 Å². The summed E-state index contributed by atoms with van der Waals surface area (Å²) >= 11 is 0. The third kappa shape index (κ3) is 3.23. The molecule has 0 spiro atoms. The monoisotopic (exact) mass is 333 g/mol. The molecule has 0 atom stereocenters. The van der Waals surface area contributed by atoms with Crippen LogP contribution in [0, 0.1) is 0 Å². The first-order chi connectivity index (χ1) is 12.2. The minimum Gasteiger partial charge on any atom is -0.497 e. The predicted octanol–water partition coefficient (Wildman–Crippen LogP) is 2.88. The number of benzene rings is 1. The lowest BCUT2D eigenvalue weighted by Crippen LogP contribution is -2.35. The van der Waals surface area contributed by atoms with E-state index in [1.54, 1.807) is 13.3 Å². The Hall–Kier alpha value is -2.79. The van der Waals surface area contributed by atoms with Crippen LogP contribution in [0.1, 0.15) is 21.6 Å². The number of Topliss-reactive ketones (excluding diaryl/α,β-unsaturated/α-hetero) is 1. The van der Waals surface area contributed by atoms with Crippen molar-refractivity contribution in [2.75, 3.05) is 20.2 Å². The lowest BCUT2D eigenvalue weighted by Gasteiger charge is -2.27. The first kappa shape index (κ1) is 15.7. The lowest BCUT2D eigenvalue weighted by molar-refractivity contribution is 0.0921. The predicted molar refractivity (Wildman–Crippen MR) is 95.8 cm³/mol. The zero-order valence-electron chi connectivity index (χ0n) is 14.1. The van der Waals surface area contributed by atoms with E-state index in [0.29, 0.717) is 12.1 Å². The fourth-order valence-corrected chi connectivity index (χ4v) is 3.24. The Morgan fingerprint density at radius 2 is 2.08 bits per heavy atom. The largest absolute Gasteiger partial charge is 0.497 e. The highest BCUT2D eigenvalue weighted by atomic mass is 16.5. The third-order valence-corrected chi connectivity index (χ3v) is 4.62. The van der Waals surface area contributed by atoms with E-state index in [0.717, 1.165) is 41.9 Å². The van der Waals surface area contributed by atoms with Gasteiger partial charge in [-0.3, -0.25) is 19.7 Å². The number of hydrogen-bond acceptors (Lipinski definition) is 5. The quantitative estimate of drug-likeness (QED) is 0.687. The van der Waals surface area contributed by atoms with E-state index < -0.39 is 0 Å². The summed E-state index contributed by atoms with van der Waals surface area (Å²) in [5.74, 6) is 0.886. The molecule has 1 aromatic carbocycles. The van der Waals surface area contributed by atoms with Crippen LogP contribution >= 0.6 is 0 Å². The Morgan fingerprint density at radius 3 is 2.88 bits per heavy atom. The van der Waals surface area contributed by atoms with Crippen molar-refractivity contribution >= 4 is 16.7 Å². The molecule has 1 aliphatic rings. The van der Waals surface area contributed by atoms with Crippen molar-refractivity contribution in [1.29, 1.82) is 0 Å². The second kappa shape index (κ2) is 6.61. The molecule has 126 valence electrons. The number of pyridine rings is 2. The van der Waals surface area contributed by atoms with Crippen LogP contribution in [0.5, 0.6) is 5.75 Å². The molecule has 4 rings (SSSR count). The van der Waals surface area contributed by atoms with Crippen LogP contribution in [0.2, 0.25) is 0 Å². The van der Waals surface area contributed by atoms with Gasteiger partial charge in [-0.15, -0.1) is 0 Å². The number of methoxy groups -OCH3 is 1. The van der Waals surface area contributed by atoms with E-state index in [4.69, 9.17) is 9.72 Å². The number of carbonyl (C=O) groups excluding carboxylic acids is 1. The zero-order chi connectivity index (χ0) is 17.2. The molecule has 0 saturated heterocycles. The van der Waals surface area contributed by atoms with Crippen molar-refractivity contribution in [3.63, 3.8) is 0 Å². The maximum atomic E-state index is 12.5. The molecular formula is C20H19N3O2. The molecule has 0 N–H and O–H groups in total. The van der Waals surface area contributed by atoms with Gasteiger partial charge in [0, 0.05) is 48.5 Å². The second-order valence-corrected chi connectivity index (χ2v) is 6.27. The molecule has 25 heavy (non-hydrogen) atoms. The maximum Gasteiger partial charge on any atom is 0.176 e. The summed E-state index contributed by atoms with van der Waals surface area (Å²) in [5.41, 5.74) is 4.02. The molecule has 0 unspecified atom stereocenters. The Balaban J connectivity index is 1.49. The summed E-state index contributed by atoms with van der Waals surface area (Å²) in [4.78, 5) is 23.6. The molecule has 0 radical (unpaired) electrons. The molecule has 1 aliphatic heterocycles. The van der Waals surface area contributed by atoms with E-state index in [1.807, 2.05) is 36.5 Å². The van der Waals surface area contributed by atoms with Gasteiger partial charge in [-0.25, -0.2) is 0 Å². The number of ketones is 1. The van der Waals surface area contributed by atoms with Gasteiger partial charge in [-0.05, 0) is 42.0 Å². The number of aromatic nitrogens is 2. The van der Waals surface area contributed by atoms with E-state index in [-0.39, 0.29) is 5.78 Å². The van der Waals surface area contributed by atoms with Gasteiger partial charge in [0.05, 0.1) is 19.2 Å². The number of rotatable bonds is 4. The minimum absolute atomic E-state index is 0.126. The average Bonchev–Trinajstić information content (AvgIpc) is 2.66. The van der Waals surface area contributed by atoms with Crippen molar-refractivity contribution in [2.45, 2.75) is 13.0 Å². The van der Waals surface area contributed by atoms with Gasteiger partial charge in [-0.1, -0.05) is 0 Å². The van der Waals surface area contributed by atoms with Gasteiger partial charge in [-0.2, -0.15) is 0 Å². The van der Waals surface area contributed by atoms with Crippen LogP contribution in [-0.2, 0) is 13.0 Å². The second-order valence-electron chi connectivity index (χ2n) is 6.27. The highest BCUT2D eigenvalue weighted by Crippen LogP contribution is 2.22. The van der Waals surface area contributed by atoms with Gasteiger partial charge in [0.15, 0.2) is 5.78 Å².